The van der Waals surface area contributed by atoms with Crippen LogP contribution in [0.3, 0.4) is 0 Å². The lowest BCUT2D eigenvalue weighted by Crippen LogP contribution is -2.37. The zero-order valence-corrected chi connectivity index (χ0v) is 22.5. The average Bonchev–Trinajstić information content (AvgIpc) is 3.04. The molecule has 1 aliphatic rings. The summed E-state index contributed by atoms with van der Waals surface area (Å²) in [5.74, 6) is -0.567. The summed E-state index contributed by atoms with van der Waals surface area (Å²) < 4.78 is 1.63. The molecule has 1 fully saturated rings. The molecule has 1 aliphatic heterocycles. The second kappa shape index (κ2) is 10.5. The topological polar surface area (TPSA) is 56.2 Å². The summed E-state index contributed by atoms with van der Waals surface area (Å²) in [4.78, 5) is 35.0. The minimum absolute atomic E-state index is 0.0354. The summed E-state index contributed by atoms with van der Waals surface area (Å²) >= 11 is 20.1. The zero-order chi connectivity index (χ0) is 24.4. The van der Waals surface area contributed by atoms with Crippen LogP contribution in [0.25, 0.3) is 0 Å². The van der Waals surface area contributed by atoms with Gasteiger partial charge < -0.3 is 4.90 Å². The fraction of sp³-hybridized carbons (Fsp3) is 0.125. The molecule has 0 aliphatic carbocycles. The van der Waals surface area contributed by atoms with E-state index in [0.717, 1.165) is 25.2 Å². The molecular formula is C24H18Br2Cl2N4O2. The predicted octanol–water partition coefficient (Wildman–Crippen LogP) is 7.07. The van der Waals surface area contributed by atoms with E-state index in [2.05, 4.69) is 31.9 Å². The van der Waals surface area contributed by atoms with Gasteiger partial charge in [0.25, 0.3) is 5.91 Å². The van der Waals surface area contributed by atoms with Crippen LogP contribution in [0.5, 0.6) is 0 Å². The van der Waals surface area contributed by atoms with Gasteiger partial charge in [-0.2, -0.15) is 0 Å². The van der Waals surface area contributed by atoms with Gasteiger partial charge in [0.2, 0.25) is 5.84 Å². The van der Waals surface area contributed by atoms with Crippen LogP contribution in [0.2, 0.25) is 5.02 Å². The van der Waals surface area contributed by atoms with E-state index in [9.17, 15) is 9.59 Å². The monoisotopic (exact) mass is 622 g/mol. The molecule has 0 saturated carbocycles. The van der Waals surface area contributed by atoms with Crippen molar-refractivity contribution in [2.75, 3.05) is 22.7 Å². The Morgan fingerprint density at radius 2 is 1.44 bits per heavy atom. The molecule has 3 amide bonds. The first kappa shape index (κ1) is 24.7. The second-order valence-electron chi connectivity index (χ2n) is 7.29. The van der Waals surface area contributed by atoms with Crippen LogP contribution in [-0.2, 0) is 4.79 Å². The maximum absolute atomic E-state index is 13.1. The van der Waals surface area contributed by atoms with Crippen LogP contribution in [0.4, 0.5) is 21.9 Å². The number of benzene rings is 3. The van der Waals surface area contributed by atoms with Crippen molar-refractivity contribution in [1.29, 1.82) is 0 Å². The number of aliphatic imine (C=N–C) groups is 1. The summed E-state index contributed by atoms with van der Waals surface area (Å²) in [5.41, 5.74) is 1.95. The molecule has 0 spiro atoms. The summed E-state index contributed by atoms with van der Waals surface area (Å²) in [6.45, 7) is 0. The number of para-hydroxylation sites is 3. The Morgan fingerprint density at radius 1 is 0.912 bits per heavy atom. The number of carbonyl (C=O) groups excluding carboxylic acids is 2. The smallest absolute Gasteiger partial charge is 0.315 e. The van der Waals surface area contributed by atoms with Crippen molar-refractivity contribution in [1.82, 2.24) is 4.90 Å². The van der Waals surface area contributed by atoms with Crippen LogP contribution in [0.1, 0.15) is 0 Å². The van der Waals surface area contributed by atoms with Crippen LogP contribution in [-0.4, -0.2) is 41.8 Å². The molecule has 1 atom stereocenters. The molecule has 3 aromatic carbocycles. The number of alkyl halides is 1. The number of hydrogen-bond donors (Lipinski definition) is 0. The molecule has 10 heteroatoms. The van der Waals surface area contributed by atoms with E-state index in [1.54, 1.807) is 24.3 Å². The van der Waals surface area contributed by atoms with Crippen molar-refractivity contribution in [3.8, 4) is 0 Å². The van der Waals surface area contributed by atoms with Gasteiger partial charge in [0, 0.05) is 16.0 Å². The van der Waals surface area contributed by atoms with Gasteiger partial charge in [-0.1, -0.05) is 48.0 Å². The minimum Gasteiger partial charge on any atom is -0.315 e. The number of nitrogens with zero attached hydrogens (tertiary/aromatic N) is 4. The zero-order valence-electron chi connectivity index (χ0n) is 17.8. The fourth-order valence-corrected chi connectivity index (χ4v) is 4.96. The quantitative estimate of drug-likeness (QED) is 0.218. The minimum atomic E-state index is -0.734. The summed E-state index contributed by atoms with van der Waals surface area (Å²) in [6, 6.07) is 21.5. The van der Waals surface area contributed by atoms with E-state index < -0.39 is 18.1 Å². The van der Waals surface area contributed by atoms with Gasteiger partial charge in [0.05, 0.1) is 28.0 Å². The van der Waals surface area contributed by atoms with E-state index in [1.165, 1.54) is 11.9 Å². The van der Waals surface area contributed by atoms with Crippen molar-refractivity contribution in [2.24, 2.45) is 4.99 Å². The lowest BCUT2D eigenvalue weighted by atomic mass is 10.2. The first-order chi connectivity index (χ1) is 16.3. The van der Waals surface area contributed by atoms with Crippen LogP contribution >= 0.6 is 55.1 Å². The molecule has 174 valence electrons. The molecule has 0 N–H and O–H groups in total. The number of anilines is 3. The van der Waals surface area contributed by atoms with Crippen molar-refractivity contribution in [2.45, 2.75) is 6.17 Å². The molecule has 34 heavy (non-hydrogen) atoms. The summed E-state index contributed by atoms with van der Waals surface area (Å²) in [6.07, 6.45) is -0.734. The molecular weight excluding hydrogens is 607 g/mol. The van der Waals surface area contributed by atoms with E-state index in [4.69, 9.17) is 28.2 Å². The Morgan fingerprint density at radius 3 is 1.97 bits per heavy atom. The fourth-order valence-electron chi connectivity index (χ4n) is 3.58. The first-order valence-corrected chi connectivity index (χ1v) is 12.6. The standard InChI is InChI=1S/C24H18Br2Cl2N4O2/c1-30-23(33)22(32(24(30)34)20-13-7-4-10-17(20)28)29-21(14-27)31(18-11-5-2-8-15(18)25)19-12-6-3-9-16(19)26/h2-13,21H,14H2,1H3/b29-22+. The number of halogens is 4. The molecule has 1 saturated heterocycles. The van der Waals surface area contributed by atoms with Gasteiger partial charge in [-0.25, -0.2) is 14.7 Å². The number of hydrogen-bond acceptors (Lipinski definition) is 4. The molecule has 0 radical (unpaired) electrons. The number of likely N-dealkylation sites (N-methyl/N-ethyl adjacent to an activating group) is 1. The third-order valence-electron chi connectivity index (χ3n) is 5.21. The van der Waals surface area contributed by atoms with Crippen molar-refractivity contribution in [3.05, 3.63) is 86.8 Å². The van der Waals surface area contributed by atoms with Gasteiger partial charge in [-0.3, -0.25) is 9.69 Å². The molecule has 0 aromatic heterocycles. The Labute approximate surface area is 224 Å². The molecule has 3 aromatic rings. The van der Waals surface area contributed by atoms with Gasteiger partial charge in [0.1, 0.15) is 6.17 Å². The van der Waals surface area contributed by atoms with Crippen LogP contribution < -0.4 is 9.80 Å². The Bertz CT molecular complexity index is 1240. The lowest BCUT2D eigenvalue weighted by molar-refractivity contribution is -0.119. The highest BCUT2D eigenvalue weighted by molar-refractivity contribution is 9.11. The molecule has 1 heterocycles. The SMILES string of the molecule is CN1C(=O)/C(=N\C(CCl)N(c2ccccc2Br)c2ccccc2Br)N(c2ccccc2Cl)C1=O. The van der Waals surface area contributed by atoms with Gasteiger partial charge in [-0.05, 0) is 68.3 Å². The lowest BCUT2D eigenvalue weighted by Gasteiger charge is -2.32. The van der Waals surface area contributed by atoms with E-state index >= 15 is 0 Å². The maximum Gasteiger partial charge on any atom is 0.337 e. The van der Waals surface area contributed by atoms with E-state index in [-0.39, 0.29) is 11.7 Å². The Balaban J connectivity index is 1.90. The summed E-state index contributed by atoms with van der Waals surface area (Å²) in [5, 5.41) is 0.322. The highest BCUT2D eigenvalue weighted by Crippen LogP contribution is 2.39. The van der Waals surface area contributed by atoms with Crippen molar-refractivity contribution < 1.29 is 9.59 Å². The van der Waals surface area contributed by atoms with Crippen LogP contribution in [0, 0.1) is 0 Å². The highest BCUT2D eigenvalue weighted by Gasteiger charge is 2.43. The average molecular weight is 625 g/mol. The Kier molecular flexibility index (Phi) is 7.62. The maximum atomic E-state index is 13.1. The van der Waals surface area contributed by atoms with Crippen molar-refractivity contribution in [3.63, 3.8) is 0 Å². The molecule has 6 nitrogen and oxygen atoms in total. The number of carbonyl (C=O) groups is 2. The number of imide groups is 1. The highest BCUT2D eigenvalue weighted by atomic mass is 79.9. The van der Waals surface area contributed by atoms with Gasteiger partial charge in [-0.15, -0.1) is 11.6 Å². The molecule has 0 bridgehead atoms. The largest absolute Gasteiger partial charge is 0.337 e. The van der Waals surface area contributed by atoms with Gasteiger partial charge in [0.15, 0.2) is 0 Å². The third-order valence-corrected chi connectivity index (χ3v) is 7.15. The number of rotatable bonds is 6. The normalized spacial score (nSPS) is 15.9. The second-order valence-corrected chi connectivity index (χ2v) is 9.72. The van der Waals surface area contributed by atoms with Crippen LogP contribution in [0.15, 0.2) is 86.7 Å². The Hall–Kier alpha value is -2.39. The van der Waals surface area contributed by atoms with Gasteiger partial charge >= 0.3 is 6.03 Å². The molecule has 4 rings (SSSR count). The number of urea groups is 1. The van der Waals surface area contributed by atoms with Crippen molar-refractivity contribution >= 4 is 89.9 Å². The number of amides is 3. The molecule has 1 unspecified atom stereocenters. The third kappa shape index (κ3) is 4.60. The summed E-state index contributed by atoms with van der Waals surface area (Å²) in [7, 11) is 1.41. The van der Waals surface area contributed by atoms with E-state index in [1.807, 2.05) is 53.4 Å². The predicted molar refractivity (Wildman–Crippen MR) is 144 cm³/mol. The first-order valence-electron chi connectivity index (χ1n) is 10.1. The van der Waals surface area contributed by atoms with E-state index in [0.29, 0.717) is 10.7 Å². The number of amidine groups is 1.